The number of nitrogens with zero attached hydrogens (tertiary/aromatic N) is 1. The summed E-state index contributed by atoms with van der Waals surface area (Å²) in [5.41, 5.74) is 5.08. The Morgan fingerprint density at radius 3 is 2.55 bits per heavy atom. The number of allylic oxidation sites excluding steroid dienone is 8. The predicted octanol–water partition coefficient (Wildman–Crippen LogP) is 5.42. The maximum Gasteiger partial charge on any atom is 0.0764 e. The zero-order valence-corrected chi connectivity index (χ0v) is 13.4. The summed E-state index contributed by atoms with van der Waals surface area (Å²) < 4.78 is 0. The Bertz CT molecular complexity index is 488. The first kappa shape index (κ1) is 16.5. The molecule has 0 atom stereocenters. The lowest BCUT2D eigenvalue weighted by Crippen LogP contribution is -2.19. The first-order valence-corrected chi connectivity index (χ1v) is 7.29. The van der Waals surface area contributed by atoms with Gasteiger partial charge in [-0.25, -0.2) is 0 Å². The molecule has 1 aliphatic carbocycles. The van der Waals surface area contributed by atoms with Crippen LogP contribution in [0, 0.1) is 5.41 Å². The van der Waals surface area contributed by atoms with Crippen molar-refractivity contribution in [3.8, 4) is 0 Å². The highest BCUT2D eigenvalue weighted by Gasteiger charge is 2.26. The van der Waals surface area contributed by atoms with Crippen LogP contribution in [0.25, 0.3) is 0 Å². The summed E-state index contributed by atoms with van der Waals surface area (Å²) in [6, 6.07) is 0. The van der Waals surface area contributed by atoms with Crippen molar-refractivity contribution in [2.24, 2.45) is 10.6 Å². The molecule has 0 fully saturated rings. The van der Waals surface area contributed by atoms with Gasteiger partial charge in [-0.05, 0) is 57.1 Å². The fourth-order valence-electron chi connectivity index (χ4n) is 2.65. The molecule has 0 aliphatic heterocycles. The molecule has 20 heavy (non-hydrogen) atoms. The minimum atomic E-state index is 0.287. The van der Waals surface area contributed by atoms with Crippen molar-refractivity contribution in [2.75, 3.05) is 0 Å². The van der Waals surface area contributed by atoms with Crippen molar-refractivity contribution in [3.05, 3.63) is 47.1 Å². The molecule has 1 aliphatic rings. The van der Waals surface area contributed by atoms with Gasteiger partial charge in [0, 0.05) is 0 Å². The third-order valence-corrected chi connectivity index (χ3v) is 3.91. The Hall–Kier alpha value is -1.57. The molecule has 0 aromatic rings. The summed E-state index contributed by atoms with van der Waals surface area (Å²) in [7, 11) is 0. The van der Waals surface area contributed by atoms with Gasteiger partial charge in [0.15, 0.2) is 0 Å². The van der Waals surface area contributed by atoms with E-state index in [-0.39, 0.29) is 5.41 Å². The molecule has 0 saturated carbocycles. The van der Waals surface area contributed by atoms with Crippen LogP contribution in [0.4, 0.5) is 0 Å². The molecule has 0 amide bonds. The average molecular weight is 273 g/mol. The summed E-state index contributed by atoms with van der Waals surface area (Å²) in [5, 5.41) is 11.7. The van der Waals surface area contributed by atoms with Gasteiger partial charge in [-0.2, -0.15) is 0 Å². The quantitative estimate of drug-likeness (QED) is 0.315. The standard InChI is InChI=1S/C18H27NO/c1-14(8-6-10-16(3)19-20)11-12-17-15(2)9-7-13-18(17,4)5/h6,8,10-12,20H,7,9,13H2,1-5H3/b10-6+,12-11+,14-8+,19-16?. The molecule has 0 heterocycles. The first-order valence-electron chi connectivity index (χ1n) is 7.29. The highest BCUT2D eigenvalue weighted by Crippen LogP contribution is 2.40. The van der Waals surface area contributed by atoms with E-state index < -0.39 is 0 Å². The molecule has 110 valence electrons. The van der Waals surface area contributed by atoms with E-state index in [1.54, 1.807) is 13.0 Å². The Labute approximate surface area is 123 Å². The number of oxime groups is 1. The fourth-order valence-corrected chi connectivity index (χ4v) is 2.65. The Kier molecular flexibility index (Phi) is 6.00. The zero-order valence-electron chi connectivity index (χ0n) is 13.4. The van der Waals surface area contributed by atoms with Gasteiger partial charge in [-0.1, -0.05) is 54.5 Å². The molecule has 2 heteroatoms. The molecule has 0 radical (unpaired) electrons. The minimum Gasteiger partial charge on any atom is -0.411 e. The summed E-state index contributed by atoms with van der Waals surface area (Å²) in [5.74, 6) is 0. The van der Waals surface area contributed by atoms with Crippen molar-refractivity contribution in [3.63, 3.8) is 0 Å². The smallest absolute Gasteiger partial charge is 0.0764 e. The number of hydrogen-bond donors (Lipinski definition) is 1. The van der Waals surface area contributed by atoms with Crippen LogP contribution in [0.3, 0.4) is 0 Å². The average Bonchev–Trinajstić information content (AvgIpc) is 2.37. The Morgan fingerprint density at radius 1 is 1.25 bits per heavy atom. The Morgan fingerprint density at radius 2 is 1.95 bits per heavy atom. The van der Waals surface area contributed by atoms with E-state index in [4.69, 9.17) is 5.21 Å². The van der Waals surface area contributed by atoms with Crippen LogP contribution in [-0.4, -0.2) is 10.9 Å². The second-order valence-corrected chi connectivity index (χ2v) is 6.28. The molecule has 0 bridgehead atoms. The largest absolute Gasteiger partial charge is 0.411 e. The van der Waals surface area contributed by atoms with Crippen LogP contribution in [0.2, 0.25) is 0 Å². The van der Waals surface area contributed by atoms with Gasteiger partial charge in [-0.15, -0.1) is 0 Å². The first-order chi connectivity index (χ1) is 9.36. The van der Waals surface area contributed by atoms with Crippen LogP contribution in [0.1, 0.15) is 53.9 Å². The molecular formula is C18H27NO. The van der Waals surface area contributed by atoms with E-state index in [1.165, 1.54) is 36.0 Å². The van der Waals surface area contributed by atoms with Crippen molar-refractivity contribution >= 4 is 5.71 Å². The van der Waals surface area contributed by atoms with Gasteiger partial charge in [0.1, 0.15) is 0 Å². The molecular weight excluding hydrogens is 246 g/mol. The van der Waals surface area contributed by atoms with E-state index in [2.05, 4.69) is 45.0 Å². The van der Waals surface area contributed by atoms with Crippen LogP contribution in [-0.2, 0) is 0 Å². The van der Waals surface area contributed by atoms with Crippen LogP contribution >= 0.6 is 0 Å². The van der Waals surface area contributed by atoms with Gasteiger partial charge in [0.2, 0.25) is 0 Å². The lowest BCUT2D eigenvalue weighted by Gasteiger charge is -2.32. The second-order valence-electron chi connectivity index (χ2n) is 6.28. The van der Waals surface area contributed by atoms with Crippen LogP contribution in [0.15, 0.2) is 52.3 Å². The van der Waals surface area contributed by atoms with Gasteiger partial charge >= 0.3 is 0 Å². The lowest BCUT2D eigenvalue weighted by atomic mass is 9.72. The summed E-state index contributed by atoms with van der Waals surface area (Å²) in [4.78, 5) is 0. The van der Waals surface area contributed by atoms with Crippen molar-refractivity contribution < 1.29 is 5.21 Å². The van der Waals surface area contributed by atoms with Gasteiger partial charge < -0.3 is 5.21 Å². The Balaban J connectivity index is 2.81. The summed E-state index contributed by atoms with van der Waals surface area (Å²) in [6.45, 7) is 10.7. The molecule has 0 saturated heterocycles. The van der Waals surface area contributed by atoms with Crippen LogP contribution < -0.4 is 0 Å². The number of rotatable bonds is 4. The monoisotopic (exact) mass is 273 g/mol. The fraction of sp³-hybridized carbons (Fsp3) is 0.500. The van der Waals surface area contributed by atoms with Crippen molar-refractivity contribution in [1.29, 1.82) is 0 Å². The third kappa shape index (κ3) is 4.84. The minimum absolute atomic E-state index is 0.287. The SMILES string of the molecule is CC(/C=C/C=C(C)/C=C/C1=C(C)CCCC1(C)C)=NO. The molecule has 1 rings (SSSR count). The highest BCUT2D eigenvalue weighted by molar-refractivity contribution is 5.92. The van der Waals surface area contributed by atoms with E-state index in [9.17, 15) is 0 Å². The van der Waals surface area contributed by atoms with E-state index >= 15 is 0 Å². The maximum absolute atomic E-state index is 8.56. The summed E-state index contributed by atoms with van der Waals surface area (Å²) >= 11 is 0. The molecule has 1 N–H and O–H groups in total. The molecule has 2 nitrogen and oxygen atoms in total. The topological polar surface area (TPSA) is 32.6 Å². The van der Waals surface area contributed by atoms with E-state index in [1.807, 2.05) is 12.2 Å². The molecule has 0 unspecified atom stereocenters. The lowest BCUT2D eigenvalue weighted by molar-refractivity contribution is 0.319. The second kappa shape index (κ2) is 7.28. The molecule has 0 spiro atoms. The predicted molar refractivity (Wildman–Crippen MR) is 87.3 cm³/mol. The number of hydrogen-bond acceptors (Lipinski definition) is 2. The van der Waals surface area contributed by atoms with E-state index in [0.29, 0.717) is 5.71 Å². The molecule has 0 aromatic heterocycles. The summed E-state index contributed by atoms with van der Waals surface area (Å²) in [6.07, 6.45) is 13.9. The zero-order chi connectivity index (χ0) is 15.2. The van der Waals surface area contributed by atoms with Crippen molar-refractivity contribution in [1.82, 2.24) is 0 Å². The third-order valence-electron chi connectivity index (χ3n) is 3.91. The van der Waals surface area contributed by atoms with Crippen LogP contribution in [0.5, 0.6) is 0 Å². The van der Waals surface area contributed by atoms with Crippen molar-refractivity contribution in [2.45, 2.75) is 53.9 Å². The van der Waals surface area contributed by atoms with Gasteiger partial charge in [0.05, 0.1) is 5.71 Å². The highest BCUT2D eigenvalue weighted by atomic mass is 16.4. The van der Waals surface area contributed by atoms with Gasteiger partial charge in [-0.3, -0.25) is 0 Å². The molecule has 0 aromatic carbocycles. The van der Waals surface area contributed by atoms with Gasteiger partial charge in [0.25, 0.3) is 0 Å². The normalized spacial score (nSPS) is 21.2. The maximum atomic E-state index is 8.56. The van der Waals surface area contributed by atoms with E-state index in [0.717, 1.165) is 0 Å².